The highest BCUT2D eigenvalue weighted by Gasteiger charge is 2.18. The van der Waals surface area contributed by atoms with Crippen molar-refractivity contribution in [2.45, 2.75) is 0 Å². The van der Waals surface area contributed by atoms with Crippen LogP contribution in [0.15, 0.2) is 36.4 Å². The molecule has 0 saturated carbocycles. The summed E-state index contributed by atoms with van der Waals surface area (Å²) in [4.78, 5) is 11.2. The minimum Gasteiger partial charge on any atom is -0.496 e. The van der Waals surface area contributed by atoms with Gasteiger partial charge in [0.25, 0.3) is 0 Å². The van der Waals surface area contributed by atoms with Crippen LogP contribution in [0.4, 0.5) is 0 Å². The molecule has 0 atom stereocenters. The normalized spacial score (nSPS) is 10.2. The zero-order chi connectivity index (χ0) is 14.7. The smallest absolute Gasteiger partial charge is 0.339 e. The first-order valence-electron chi connectivity index (χ1n) is 5.82. The maximum absolute atomic E-state index is 11.2. The Hall–Kier alpha value is -2.20. The predicted octanol–water partition coefficient (Wildman–Crippen LogP) is 3.72. The van der Waals surface area contributed by atoms with E-state index in [9.17, 15) is 9.90 Å². The second-order valence-electron chi connectivity index (χ2n) is 4.04. The largest absolute Gasteiger partial charge is 0.496 e. The number of rotatable bonds is 4. The highest BCUT2D eigenvalue weighted by molar-refractivity contribution is 6.30. The molecule has 0 heterocycles. The predicted molar refractivity (Wildman–Crippen MR) is 77.0 cm³/mol. The van der Waals surface area contributed by atoms with E-state index in [-0.39, 0.29) is 5.56 Å². The molecule has 0 aliphatic heterocycles. The molecule has 0 radical (unpaired) electrons. The van der Waals surface area contributed by atoms with Crippen molar-refractivity contribution < 1.29 is 19.4 Å². The lowest BCUT2D eigenvalue weighted by atomic mass is 10.0. The summed E-state index contributed by atoms with van der Waals surface area (Å²) in [5.74, 6) is -0.199. The summed E-state index contributed by atoms with van der Waals surface area (Å²) in [6.45, 7) is 0. The molecule has 5 heteroatoms. The number of para-hydroxylation sites is 1. The van der Waals surface area contributed by atoms with E-state index >= 15 is 0 Å². The number of benzene rings is 2. The Kier molecular flexibility index (Phi) is 4.15. The fraction of sp³-hybridized carbons (Fsp3) is 0.133. The first-order chi connectivity index (χ1) is 9.58. The van der Waals surface area contributed by atoms with Gasteiger partial charge in [0.2, 0.25) is 0 Å². The van der Waals surface area contributed by atoms with Gasteiger partial charge in [-0.2, -0.15) is 0 Å². The first kappa shape index (κ1) is 14.2. The monoisotopic (exact) mass is 292 g/mol. The van der Waals surface area contributed by atoms with Gasteiger partial charge in [-0.25, -0.2) is 4.79 Å². The van der Waals surface area contributed by atoms with E-state index in [2.05, 4.69) is 0 Å². The molecule has 4 nitrogen and oxygen atoms in total. The quantitative estimate of drug-likeness (QED) is 0.933. The summed E-state index contributed by atoms with van der Waals surface area (Å²) >= 11 is 5.93. The zero-order valence-electron chi connectivity index (χ0n) is 11.0. The van der Waals surface area contributed by atoms with Crippen molar-refractivity contribution in [3.05, 3.63) is 47.0 Å². The number of hydrogen-bond donors (Lipinski definition) is 1. The minimum atomic E-state index is -1.04. The Morgan fingerprint density at radius 1 is 1.10 bits per heavy atom. The Labute approximate surface area is 121 Å². The van der Waals surface area contributed by atoms with E-state index in [1.54, 1.807) is 30.3 Å². The second-order valence-corrected chi connectivity index (χ2v) is 4.47. The summed E-state index contributed by atoms with van der Waals surface area (Å²) in [5, 5.41) is 9.75. The van der Waals surface area contributed by atoms with E-state index in [1.165, 1.54) is 20.3 Å². The molecular weight excluding hydrogens is 280 g/mol. The van der Waals surface area contributed by atoms with Crippen LogP contribution in [-0.2, 0) is 0 Å². The molecule has 20 heavy (non-hydrogen) atoms. The van der Waals surface area contributed by atoms with E-state index in [0.29, 0.717) is 22.1 Å². The van der Waals surface area contributed by atoms with Crippen molar-refractivity contribution in [1.82, 2.24) is 0 Å². The van der Waals surface area contributed by atoms with Gasteiger partial charge in [0.1, 0.15) is 17.1 Å². The van der Waals surface area contributed by atoms with Crippen LogP contribution >= 0.6 is 11.6 Å². The van der Waals surface area contributed by atoms with Crippen LogP contribution in [-0.4, -0.2) is 25.3 Å². The van der Waals surface area contributed by atoms with Crippen molar-refractivity contribution in [3.63, 3.8) is 0 Å². The summed E-state index contributed by atoms with van der Waals surface area (Å²) in [5.41, 5.74) is 1.46. The molecule has 0 saturated heterocycles. The molecule has 0 unspecified atom stereocenters. The highest BCUT2D eigenvalue weighted by atomic mass is 35.5. The highest BCUT2D eigenvalue weighted by Crippen LogP contribution is 2.39. The van der Waals surface area contributed by atoms with Gasteiger partial charge in [0.15, 0.2) is 0 Å². The number of halogens is 1. The molecule has 1 N–H and O–H groups in total. The zero-order valence-corrected chi connectivity index (χ0v) is 11.8. The number of hydrogen-bond acceptors (Lipinski definition) is 3. The topological polar surface area (TPSA) is 55.8 Å². The Bertz CT molecular complexity index is 652. The van der Waals surface area contributed by atoms with Gasteiger partial charge < -0.3 is 14.6 Å². The van der Waals surface area contributed by atoms with Crippen molar-refractivity contribution in [1.29, 1.82) is 0 Å². The number of methoxy groups -OCH3 is 2. The van der Waals surface area contributed by atoms with Crippen molar-refractivity contribution in [2.75, 3.05) is 14.2 Å². The molecule has 0 bridgehead atoms. The number of ether oxygens (including phenoxy) is 2. The van der Waals surface area contributed by atoms with Crippen molar-refractivity contribution in [3.8, 4) is 22.6 Å². The molecule has 0 amide bonds. The molecule has 0 aliphatic carbocycles. The summed E-state index contributed by atoms with van der Waals surface area (Å²) in [7, 11) is 2.97. The lowest BCUT2D eigenvalue weighted by Gasteiger charge is -2.14. The van der Waals surface area contributed by atoms with Crippen LogP contribution in [0.5, 0.6) is 11.5 Å². The Morgan fingerprint density at radius 2 is 1.85 bits per heavy atom. The van der Waals surface area contributed by atoms with Crippen LogP contribution in [0.1, 0.15) is 10.4 Å². The van der Waals surface area contributed by atoms with E-state index in [1.807, 2.05) is 0 Å². The molecular formula is C15H13ClO4. The third-order valence-corrected chi connectivity index (χ3v) is 3.14. The van der Waals surface area contributed by atoms with Crippen LogP contribution in [0.2, 0.25) is 5.02 Å². The molecule has 0 spiro atoms. The molecule has 2 rings (SSSR count). The molecule has 0 aliphatic rings. The fourth-order valence-electron chi connectivity index (χ4n) is 2.03. The summed E-state index contributed by atoms with van der Waals surface area (Å²) < 4.78 is 10.5. The van der Waals surface area contributed by atoms with Gasteiger partial charge in [0.05, 0.1) is 14.2 Å². The third kappa shape index (κ3) is 2.56. The standard InChI is InChI=1S/C15H13ClO4/c1-19-13-8-9(16)6-7-10(13)11-4-3-5-12(15(17)18)14(11)20-2/h3-8H,1-2H3,(H,17,18). The number of carboxylic acids is 1. The molecule has 2 aromatic carbocycles. The lowest BCUT2D eigenvalue weighted by molar-refractivity contribution is 0.0693. The molecule has 0 aromatic heterocycles. The number of carboxylic acid groups (broad SMARTS) is 1. The average Bonchev–Trinajstić information content (AvgIpc) is 2.46. The van der Waals surface area contributed by atoms with Crippen molar-refractivity contribution >= 4 is 17.6 Å². The van der Waals surface area contributed by atoms with Gasteiger partial charge >= 0.3 is 5.97 Å². The van der Waals surface area contributed by atoms with Crippen LogP contribution < -0.4 is 9.47 Å². The van der Waals surface area contributed by atoms with E-state index < -0.39 is 5.97 Å². The Morgan fingerprint density at radius 3 is 2.45 bits per heavy atom. The van der Waals surface area contributed by atoms with Gasteiger partial charge in [-0.3, -0.25) is 0 Å². The van der Waals surface area contributed by atoms with Crippen LogP contribution in [0, 0.1) is 0 Å². The lowest BCUT2D eigenvalue weighted by Crippen LogP contribution is -2.02. The average molecular weight is 293 g/mol. The maximum atomic E-state index is 11.2. The SMILES string of the molecule is COc1cc(Cl)ccc1-c1cccc(C(=O)O)c1OC. The van der Waals surface area contributed by atoms with E-state index in [0.717, 1.165) is 5.56 Å². The number of carbonyl (C=O) groups is 1. The van der Waals surface area contributed by atoms with E-state index in [4.69, 9.17) is 21.1 Å². The summed E-state index contributed by atoms with van der Waals surface area (Å²) in [6, 6.07) is 10.1. The first-order valence-corrected chi connectivity index (χ1v) is 6.20. The van der Waals surface area contributed by atoms with Gasteiger partial charge in [-0.05, 0) is 24.3 Å². The molecule has 104 valence electrons. The minimum absolute atomic E-state index is 0.0991. The van der Waals surface area contributed by atoms with Gasteiger partial charge in [-0.15, -0.1) is 0 Å². The van der Waals surface area contributed by atoms with Crippen LogP contribution in [0.25, 0.3) is 11.1 Å². The fourth-order valence-corrected chi connectivity index (χ4v) is 2.19. The summed E-state index contributed by atoms with van der Waals surface area (Å²) in [6.07, 6.45) is 0. The Balaban J connectivity index is 2.70. The number of aromatic carboxylic acids is 1. The van der Waals surface area contributed by atoms with Crippen LogP contribution in [0.3, 0.4) is 0 Å². The van der Waals surface area contributed by atoms with Crippen molar-refractivity contribution in [2.24, 2.45) is 0 Å². The second kappa shape index (κ2) is 5.84. The van der Waals surface area contributed by atoms with Gasteiger partial charge in [-0.1, -0.05) is 23.7 Å². The molecule has 2 aromatic rings. The molecule has 0 fully saturated rings. The van der Waals surface area contributed by atoms with Gasteiger partial charge in [0, 0.05) is 16.1 Å². The third-order valence-electron chi connectivity index (χ3n) is 2.90. The maximum Gasteiger partial charge on any atom is 0.339 e.